The molecule has 0 amide bonds. The molecule has 0 atom stereocenters. The van der Waals surface area contributed by atoms with Crippen LogP contribution in [0.25, 0.3) is 10.2 Å². The third-order valence-corrected chi connectivity index (χ3v) is 5.10. The van der Waals surface area contributed by atoms with Crippen LogP contribution in [0.1, 0.15) is 27.8 Å². The average Bonchev–Trinajstić information content (AvgIpc) is 3.34. The van der Waals surface area contributed by atoms with Crippen LogP contribution in [0.15, 0.2) is 29.5 Å². The van der Waals surface area contributed by atoms with Gasteiger partial charge >= 0.3 is 6.18 Å². The van der Waals surface area contributed by atoms with Crippen LogP contribution in [0.4, 0.5) is 13.2 Å². The van der Waals surface area contributed by atoms with Gasteiger partial charge < -0.3 is 15.3 Å². The molecule has 29 heavy (non-hydrogen) atoms. The first-order valence-corrected chi connectivity index (χ1v) is 9.43. The van der Waals surface area contributed by atoms with Crippen molar-refractivity contribution in [2.45, 2.75) is 32.7 Å². The van der Waals surface area contributed by atoms with E-state index in [0.717, 1.165) is 9.56 Å². The van der Waals surface area contributed by atoms with Crippen molar-refractivity contribution in [2.24, 2.45) is 0 Å². The summed E-state index contributed by atoms with van der Waals surface area (Å²) in [5, 5.41) is 7.06. The van der Waals surface area contributed by atoms with Gasteiger partial charge in [0.1, 0.15) is 16.5 Å². The Morgan fingerprint density at radius 3 is 2.83 bits per heavy atom. The van der Waals surface area contributed by atoms with Crippen LogP contribution in [0.2, 0.25) is 0 Å². The molecule has 0 radical (unpaired) electrons. The number of aryl methyl sites for hydroxylation is 1. The molecule has 152 valence electrons. The second-order valence-electron chi connectivity index (χ2n) is 6.43. The van der Waals surface area contributed by atoms with Crippen LogP contribution in [0, 0.1) is 6.92 Å². The van der Waals surface area contributed by atoms with E-state index < -0.39 is 11.9 Å². The molecule has 3 N–H and O–H groups in total. The lowest BCUT2D eigenvalue weighted by Crippen LogP contribution is -2.17. The minimum atomic E-state index is -4.59. The number of aromatic nitrogens is 6. The van der Waals surface area contributed by atoms with E-state index >= 15 is 0 Å². The Kier molecular flexibility index (Phi) is 4.96. The summed E-state index contributed by atoms with van der Waals surface area (Å²) in [6, 6.07) is 1.73. The van der Waals surface area contributed by atoms with Crippen LogP contribution in [0.3, 0.4) is 0 Å². The number of thiophene rings is 1. The number of nitrogens with one attached hydrogen (secondary N) is 3. The molecule has 4 heterocycles. The van der Waals surface area contributed by atoms with Crippen LogP contribution < -0.4 is 10.9 Å². The van der Waals surface area contributed by atoms with Crippen molar-refractivity contribution >= 4 is 21.6 Å². The lowest BCUT2D eigenvalue weighted by Gasteiger charge is -2.06. The summed E-state index contributed by atoms with van der Waals surface area (Å²) >= 11 is 1.35. The summed E-state index contributed by atoms with van der Waals surface area (Å²) in [7, 11) is 0. The second kappa shape index (κ2) is 7.44. The van der Waals surface area contributed by atoms with Crippen LogP contribution >= 0.6 is 11.3 Å². The van der Waals surface area contributed by atoms with E-state index in [2.05, 4.69) is 30.4 Å². The molecular weight excluding hydrogens is 407 g/mol. The van der Waals surface area contributed by atoms with Crippen LogP contribution in [-0.4, -0.2) is 29.7 Å². The molecule has 4 aromatic heterocycles. The second-order valence-corrected chi connectivity index (χ2v) is 7.66. The number of alkyl halides is 3. The predicted molar refractivity (Wildman–Crippen MR) is 100 cm³/mol. The summed E-state index contributed by atoms with van der Waals surface area (Å²) in [5.41, 5.74) is -1.29. The maximum absolute atomic E-state index is 13.4. The average molecular weight is 423 g/mol. The Bertz CT molecular complexity index is 1190. The fraction of sp³-hybridized carbons (Fsp3) is 0.294. The van der Waals surface area contributed by atoms with Crippen molar-refractivity contribution in [3.63, 3.8) is 0 Å². The van der Waals surface area contributed by atoms with Gasteiger partial charge in [0.15, 0.2) is 5.69 Å². The van der Waals surface area contributed by atoms with Gasteiger partial charge in [-0.05, 0) is 13.0 Å². The zero-order valence-corrected chi connectivity index (χ0v) is 16.0. The molecule has 4 rings (SSSR count). The quantitative estimate of drug-likeness (QED) is 0.442. The molecule has 0 fully saturated rings. The molecule has 0 aliphatic carbocycles. The normalized spacial score (nSPS) is 12.1. The zero-order valence-electron chi connectivity index (χ0n) is 15.2. The van der Waals surface area contributed by atoms with E-state index in [1.54, 1.807) is 18.5 Å². The molecular formula is C17H16F3N7OS. The highest BCUT2D eigenvalue weighted by atomic mass is 32.1. The molecule has 8 nitrogen and oxygen atoms in total. The number of fused-ring (bicyclic) bond motifs is 1. The van der Waals surface area contributed by atoms with Gasteiger partial charge in [-0.2, -0.15) is 18.3 Å². The summed E-state index contributed by atoms with van der Waals surface area (Å²) in [5.74, 6) is 0.864. The van der Waals surface area contributed by atoms with E-state index in [1.807, 2.05) is 6.92 Å². The summed E-state index contributed by atoms with van der Waals surface area (Å²) in [6.07, 6.45) is -0.0871. The Hall–Kier alpha value is -2.99. The molecule has 0 aliphatic heterocycles. The highest BCUT2D eigenvalue weighted by Crippen LogP contribution is 2.31. The maximum Gasteiger partial charge on any atom is 0.435 e. The van der Waals surface area contributed by atoms with Gasteiger partial charge in [-0.25, -0.2) is 9.97 Å². The molecule has 4 aromatic rings. The van der Waals surface area contributed by atoms with Crippen LogP contribution in [0.5, 0.6) is 0 Å². The molecule has 0 aliphatic rings. The number of H-pyrrole nitrogens is 2. The minimum Gasteiger partial charge on any atom is -0.348 e. The molecule has 12 heteroatoms. The molecule has 0 saturated heterocycles. The standard InChI is InChI=1S/C17H16F3N7OS/c1-9-4-11-15(28)24-13(25-16(11)29-9)8-27-7-10(14(26-27)17(18,19)20)5-21-6-12-22-2-3-23-12/h2-4,7,21H,5-6,8H2,1H3,(H,22,23)(H,24,25,28). The van der Waals surface area contributed by atoms with E-state index in [1.165, 1.54) is 17.5 Å². The van der Waals surface area contributed by atoms with Crippen molar-refractivity contribution in [1.82, 2.24) is 35.0 Å². The third kappa shape index (κ3) is 4.22. The molecule has 0 saturated carbocycles. The number of halogens is 3. The molecule has 0 unspecified atom stereocenters. The van der Waals surface area contributed by atoms with Gasteiger partial charge in [0.2, 0.25) is 0 Å². The lowest BCUT2D eigenvalue weighted by atomic mass is 10.2. The topological polar surface area (TPSA) is 104 Å². The van der Waals surface area contributed by atoms with Gasteiger partial charge in [-0.3, -0.25) is 9.48 Å². The number of hydrogen-bond donors (Lipinski definition) is 3. The number of aromatic amines is 2. The summed E-state index contributed by atoms with van der Waals surface area (Å²) < 4.78 is 41.3. The SMILES string of the molecule is Cc1cc2c(=O)[nH]c(Cn3cc(CNCc4ncc[nH]4)c(C(F)(F)F)n3)nc2s1. The Labute approximate surface area is 165 Å². The Morgan fingerprint density at radius 1 is 1.28 bits per heavy atom. The molecule has 0 aromatic carbocycles. The summed E-state index contributed by atoms with van der Waals surface area (Å²) in [4.78, 5) is 27.5. The highest BCUT2D eigenvalue weighted by Gasteiger charge is 2.37. The van der Waals surface area contributed by atoms with Gasteiger partial charge in [0, 0.05) is 35.6 Å². The number of rotatable bonds is 6. The number of imidazole rings is 1. The van der Waals surface area contributed by atoms with Crippen LogP contribution in [-0.2, 0) is 25.8 Å². The first-order chi connectivity index (χ1) is 13.8. The van der Waals surface area contributed by atoms with Gasteiger partial charge in [-0.15, -0.1) is 11.3 Å². The highest BCUT2D eigenvalue weighted by molar-refractivity contribution is 7.18. The van der Waals surface area contributed by atoms with Crippen molar-refractivity contribution in [2.75, 3.05) is 0 Å². The largest absolute Gasteiger partial charge is 0.435 e. The van der Waals surface area contributed by atoms with Crippen molar-refractivity contribution in [1.29, 1.82) is 0 Å². The molecule has 0 spiro atoms. The van der Waals surface area contributed by atoms with Gasteiger partial charge in [0.05, 0.1) is 18.5 Å². The molecule has 0 bridgehead atoms. The lowest BCUT2D eigenvalue weighted by molar-refractivity contribution is -0.142. The van der Waals surface area contributed by atoms with Crippen molar-refractivity contribution < 1.29 is 13.2 Å². The first kappa shape index (κ1) is 19.3. The number of nitrogens with zero attached hydrogens (tertiary/aromatic N) is 4. The zero-order chi connectivity index (χ0) is 20.6. The van der Waals surface area contributed by atoms with Gasteiger partial charge in [-0.1, -0.05) is 0 Å². The number of hydrogen-bond acceptors (Lipinski definition) is 6. The fourth-order valence-electron chi connectivity index (χ4n) is 2.95. The van der Waals surface area contributed by atoms with E-state index in [9.17, 15) is 18.0 Å². The summed E-state index contributed by atoms with van der Waals surface area (Å²) in [6.45, 7) is 2.03. The van der Waals surface area contributed by atoms with E-state index in [4.69, 9.17) is 0 Å². The monoisotopic (exact) mass is 423 g/mol. The smallest absolute Gasteiger partial charge is 0.348 e. The predicted octanol–water partition coefficient (Wildman–Crippen LogP) is 2.57. The van der Waals surface area contributed by atoms with Gasteiger partial charge in [0.25, 0.3) is 5.56 Å². The Morgan fingerprint density at radius 2 is 2.10 bits per heavy atom. The van der Waals surface area contributed by atoms with E-state index in [-0.39, 0.29) is 30.0 Å². The first-order valence-electron chi connectivity index (χ1n) is 8.61. The Balaban J connectivity index is 1.57. The minimum absolute atomic E-state index is 0.000510. The fourth-order valence-corrected chi connectivity index (χ4v) is 3.85. The third-order valence-electron chi connectivity index (χ3n) is 4.16. The van der Waals surface area contributed by atoms with E-state index in [0.29, 0.717) is 22.6 Å². The van der Waals surface area contributed by atoms with Crippen molar-refractivity contribution in [3.05, 3.63) is 62.8 Å². The maximum atomic E-state index is 13.4. The van der Waals surface area contributed by atoms with Crippen molar-refractivity contribution in [3.8, 4) is 0 Å².